The molecule has 6 nitrogen and oxygen atoms in total. The molecule has 1 fully saturated rings. The normalized spacial score (nSPS) is 18.7. The Labute approximate surface area is 158 Å². The smallest absolute Gasteiger partial charge is 0.307 e. The summed E-state index contributed by atoms with van der Waals surface area (Å²) in [5.74, 6) is -0.0739. The molecule has 2 aromatic rings. The number of hydrogen-bond donors (Lipinski definition) is 1. The van der Waals surface area contributed by atoms with E-state index in [4.69, 9.17) is 14.2 Å². The van der Waals surface area contributed by atoms with Gasteiger partial charge in [0.15, 0.2) is 11.5 Å². The first-order chi connectivity index (χ1) is 13.0. The summed E-state index contributed by atoms with van der Waals surface area (Å²) < 4.78 is 16.0. The minimum Gasteiger partial charge on any atom is -0.493 e. The van der Waals surface area contributed by atoms with Gasteiger partial charge in [-0.2, -0.15) is 0 Å². The number of methoxy groups -OCH3 is 2. The van der Waals surface area contributed by atoms with Crippen molar-refractivity contribution in [3.05, 3.63) is 59.2 Å². The topological polar surface area (TPSA) is 73.9 Å². The molecule has 1 aliphatic rings. The van der Waals surface area contributed by atoms with Gasteiger partial charge in [0.05, 0.1) is 26.6 Å². The van der Waals surface area contributed by atoms with E-state index < -0.39 is 12.0 Å². The zero-order valence-electron chi connectivity index (χ0n) is 15.7. The molecule has 0 aromatic heterocycles. The number of amides is 1. The van der Waals surface area contributed by atoms with Gasteiger partial charge in [0.1, 0.15) is 6.10 Å². The Bertz CT molecular complexity index is 831. The predicted molar refractivity (Wildman–Crippen MR) is 99.5 cm³/mol. The molecule has 2 aromatic carbocycles. The molecule has 0 unspecified atom stereocenters. The molecular weight excluding hydrogens is 346 g/mol. The summed E-state index contributed by atoms with van der Waals surface area (Å²) >= 11 is 0. The SMILES string of the molecule is COc1ccc([C@H]2OC(=O)C[C@@H]2C(=O)NCc2ccc(C)cc2)cc1OC. The maximum Gasteiger partial charge on any atom is 0.307 e. The molecule has 0 radical (unpaired) electrons. The number of cyclic esters (lactones) is 1. The van der Waals surface area contributed by atoms with Crippen molar-refractivity contribution in [2.24, 2.45) is 5.92 Å². The van der Waals surface area contributed by atoms with Gasteiger partial charge in [0, 0.05) is 6.54 Å². The molecule has 1 N–H and O–H groups in total. The van der Waals surface area contributed by atoms with Crippen molar-refractivity contribution in [3.8, 4) is 11.5 Å². The number of hydrogen-bond acceptors (Lipinski definition) is 5. The summed E-state index contributed by atoms with van der Waals surface area (Å²) in [6.45, 7) is 2.42. The van der Waals surface area contributed by atoms with E-state index in [-0.39, 0.29) is 18.3 Å². The second-order valence-electron chi connectivity index (χ2n) is 6.54. The molecule has 2 atom stereocenters. The van der Waals surface area contributed by atoms with E-state index in [0.717, 1.165) is 11.1 Å². The van der Waals surface area contributed by atoms with Crippen LogP contribution in [0.3, 0.4) is 0 Å². The Balaban J connectivity index is 1.74. The van der Waals surface area contributed by atoms with Crippen LogP contribution < -0.4 is 14.8 Å². The highest BCUT2D eigenvalue weighted by molar-refractivity contribution is 5.87. The van der Waals surface area contributed by atoms with Crippen molar-refractivity contribution in [1.29, 1.82) is 0 Å². The van der Waals surface area contributed by atoms with E-state index in [9.17, 15) is 9.59 Å². The lowest BCUT2D eigenvalue weighted by molar-refractivity contribution is -0.141. The number of carbonyl (C=O) groups excluding carboxylic acids is 2. The molecule has 1 heterocycles. The van der Waals surface area contributed by atoms with Gasteiger partial charge in [-0.25, -0.2) is 0 Å². The van der Waals surface area contributed by atoms with Crippen LogP contribution in [0.15, 0.2) is 42.5 Å². The van der Waals surface area contributed by atoms with Gasteiger partial charge in [-0.15, -0.1) is 0 Å². The molecule has 3 rings (SSSR count). The van der Waals surface area contributed by atoms with Gasteiger partial charge in [-0.3, -0.25) is 9.59 Å². The zero-order chi connectivity index (χ0) is 19.4. The third-order valence-electron chi connectivity index (χ3n) is 4.67. The van der Waals surface area contributed by atoms with Crippen molar-refractivity contribution in [1.82, 2.24) is 5.32 Å². The van der Waals surface area contributed by atoms with Crippen LogP contribution in [-0.2, 0) is 20.9 Å². The van der Waals surface area contributed by atoms with Crippen molar-refractivity contribution in [2.45, 2.75) is 26.0 Å². The van der Waals surface area contributed by atoms with E-state index in [1.54, 1.807) is 25.3 Å². The van der Waals surface area contributed by atoms with E-state index in [1.165, 1.54) is 7.11 Å². The summed E-state index contributed by atoms with van der Waals surface area (Å²) in [6.07, 6.45) is -0.589. The molecule has 1 aliphatic heterocycles. The molecular formula is C21H23NO5. The van der Waals surface area contributed by atoms with Gasteiger partial charge in [-0.05, 0) is 30.2 Å². The van der Waals surface area contributed by atoms with Crippen LogP contribution in [0.5, 0.6) is 11.5 Å². The summed E-state index contributed by atoms with van der Waals surface area (Å²) in [4.78, 5) is 24.6. The number of carbonyl (C=O) groups is 2. The van der Waals surface area contributed by atoms with Crippen LogP contribution in [0.1, 0.15) is 29.2 Å². The second-order valence-corrected chi connectivity index (χ2v) is 6.54. The van der Waals surface area contributed by atoms with Crippen LogP contribution in [-0.4, -0.2) is 26.1 Å². The number of aryl methyl sites for hydroxylation is 1. The van der Waals surface area contributed by atoms with Gasteiger partial charge < -0.3 is 19.5 Å². The molecule has 1 amide bonds. The first-order valence-electron chi connectivity index (χ1n) is 8.76. The molecule has 0 saturated carbocycles. The third kappa shape index (κ3) is 4.22. The lowest BCUT2D eigenvalue weighted by Gasteiger charge is -2.19. The van der Waals surface area contributed by atoms with Gasteiger partial charge in [0.2, 0.25) is 5.91 Å². The number of rotatable bonds is 6. The average molecular weight is 369 g/mol. The van der Waals surface area contributed by atoms with Crippen LogP contribution in [0.4, 0.5) is 0 Å². The number of benzene rings is 2. The monoisotopic (exact) mass is 369 g/mol. The van der Waals surface area contributed by atoms with E-state index in [2.05, 4.69) is 5.32 Å². The predicted octanol–water partition coefficient (Wildman–Crippen LogP) is 2.93. The minimum absolute atomic E-state index is 0.0543. The fourth-order valence-electron chi connectivity index (χ4n) is 3.14. The van der Waals surface area contributed by atoms with Crippen LogP contribution in [0.2, 0.25) is 0 Å². The van der Waals surface area contributed by atoms with Gasteiger partial charge in [0.25, 0.3) is 0 Å². The summed E-state index contributed by atoms with van der Waals surface area (Å²) in [6, 6.07) is 13.2. The van der Waals surface area contributed by atoms with Crippen molar-refractivity contribution in [3.63, 3.8) is 0 Å². The third-order valence-corrected chi connectivity index (χ3v) is 4.67. The van der Waals surface area contributed by atoms with Crippen molar-refractivity contribution in [2.75, 3.05) is 14.2 Å². The van der Waals surface area contributed by atoms with E-state index >= 15 is 0 Å². The highest BCUT2D eigenvalue weighted by atomic mass is 16.6. The Kier molecular flexibility index (Phi) is 5.64. The van der Waals surface area contributed by atoms with Crippen LogP contribution in [0, 0.1) is 12.8 Å². The standard InChI is InChI=1S/C21H23NO5/c1-13-4-6-14(7-5-13)12-22-21(24)16-11-19(23)27-20(16)15-8-9-17(25-2)18(10-15)26-3/h4-10,16,20H,11-12H2,1-3H3,(H,22,24)/t16-,20+/m0/s1. The number of nitrogens with one attached hydrogen (secondary N) is 1. The lowest BCUT2D eigenvalue weighted by atomic mass is 9.94. The zero-order valence-corrected chi connectivity index (χ0v) is 15.7. The molecule has 0 bridgehead atoms. The Morgan fingerprint density at radius 1 is 1.11 bits per heavy atom. The molecule has 1 saturated heterocycles. The fraction of sp³-hybridized carbons (Fsp3) is 0.333. The van der Waals surface area contributed by atoms with Crippen molar-refractivity contribution < 1.29 is 23.8 Å². The first-order valence-corrected chi connectivity index (χ1v) is 8.76. The van der Waals surface area contributed by atoms with E-state index in [1.807, 2.05) is 31.2 Å². The molecule has 27 heavy (non-hydrogen) atoms. The summed E-state index contributed by atoms with van der Waals surface area (Å²) in [5, 5.41) is 2.90. The van der Waals surface area contributed by atoms with Gasteiger partial charge >= 0.3 is 5.97 Å². The Morgan fingerprint density at radius 2 is 1.81 bits per heavy atom. The largest absolute Gasteiger partial charge is 0.493 e. The lowest BCUT2D eigenvalue weighted by Crippen LogP contribution is -2.32. The molecule has 0 spiro atoms. The summed E-state index contributed by atoms with van der Waals surface area (Å²) in [5.41, 5.74) is 2.87. The van der Waals surface area contributed by atoms with Gasteiger partial charge in [-0.1, -0.05) is 35.9 Å². The summed E-state index contributed by atoms with van der Waals surface area (Å²) in [7, 11) is 3.09. The number of ether oxygens (including phenoxy) is 3. The molecule has 0 aliphatic carbocycles. The Morgan fingerprint density at radius 3 is 2.48 bits per heavy atom. The average Bonchev–Trinajstić information content (AvgIpc) is 3.08. The van der Waals surface area contributed by atoms with E-state index in [0.29, 0.717) is 23.6 Å². The fourth-order valence-corrected chi connectivity index (χ4v) is 3.14. The highest BCUT2D eigenvalue weighted by Crippen LogP contribution is 2.39. The minimum atomic E-state index is -0.643. The first kappa shape index (κ1) is 18.8. The van der Waals surface area contributed by atoms with Crippen LogP contribution >= 0.6 is 0 Å². The second kappa shape index (κ2) is 8.12. The maximum absolute atomic E-state index is 12.7. The maximum atomic E-state index is 12.7. The van der Waals surface area contributed by atoms with Crippen LogP contribution in [0.25, 0.3) is 0 Å². The number of esters is 1. The highest BCUT2D eigenvalue weighted by Gasteiger charge is 2.41. The van der Waals surface area contributed by atoms with Crippen molar-refractivity contribution >= 4 is 11.9 Å². The molecule has 6 heteroatoms. The molecule has 142 valence electrons. The quantitative estimate of drug-likeness (QED) is 0.793. The Hall–Kier alpha value is -3.02.